The summed E-state index contributed by atoms with van der Waals surface area (Å²) in [6, 6.07) is 5.34. The molecule has 0 aliphatic carbocycles. The van der Waals surface area contributed by atoms with Gasteiger partial charge >= 0.3 is 0 Å². The van der Waals surface area contributed by atoms with Gasteiger partial charge in [-0.05, 0) is 49.9 Å². The van der Waals surface area contributed by atoms with E-state index in [0.717, 1.165) is 49.9 Å². The third-order valence-electron chi connectivity index (χ3n) is 3.67. The second kappa shape index (κ2) is 6.59. The Morgan fingerprint density at radius 2 is 2.20 bits per heavy atom. The van der Waals surface area contributed by atoms with E-state index in [-0.39, 0.29) is 6.04 Å². The monoisotopic (exact) mass is 296 g/mol. The molecule has 1 unspecified atom stereocenters. The predicted molar refractivity (Wildman–Crippen MR) is 82.6 cm³/mol. The quantitative estimate of drug-likeness (QED) is 0.848. The van der Waals surface area contributed by atoms with E-state index in [4.69, 9.17) is 0 Å². The molecule has 1 aromatic rings. The largest absolute Gasteiger partial charge is 0.385 e. The fraction of sp³-hybridized carbons (Fsp3) is 0.600. The van der Waals surface area contributed by atoms with Gasteiger partial charge in [0.15, 0.2) is 0 Å². The molecule has 0 aromatic heterocycles. The molecule has 2 N–H and O–H groups in total. The minimum atomic E-state index is -3.40. The Bertz CT molecular complexity index is 555. The van der Waals surface area contributed by atoms with Crippen LogP contribution in [0.3, 0.4) is 0 Å². The van der Waals surface area contributed by atoms with E-state index in [9.17, 15) is 8.42 Å². The Kier molecular flexibility index (Phi) is 5.05. The third kappa shape index (κ3) is 3.73. The van der Waals surface area contributed by atoms with E-state index in [1.165, 1.54) is 0 Å². The Hall–Kier alpha value is -1.07. The highest BCUT2D eigenvalue weighted by molar-refractivity contribution is 7.89. The molecule has 0 radical (unpaired) electrons. The van der Waals surface area contributed by atoms with E-state index in [2.05, 4.69) is 17.0 Å². The van der Waals surface area contributed by atoms with Crippen LogP contribution >= 0.6 is 0 Å². The van der Waals surface area contributed by atoms with Crippen LogP contribution in [-0.2, 0) is 16.4 Å². The smallest absolute Gasteiger partial charge is 0.240 e. The molecule has 0 bridgehead atoms. The number of aryl methyl sites for hydroxylation is 1. The second-order valence-electron chi connectivity index (χ2n) is 5.51. The average Bonchev–Trinajstić information content (AvgIpc) is 2.44. The zero-order chi connectivity index (χ0) is 14.6. The molecule has 112 valence electrons. The second-order valence-corrected chi connectivity index (χ2v) is 7.23. The maximum Gasteiger partial charge on any atom is 0.240 e. The number of anilines is 1. The number of fused-ring (bicyclic) bond motifs is 1. The van der Waals surface area contributed by atoms with E-state index < -0.39 is 10.0 Å². The number of sulfonamides is 1. The van der Waals surface area contributed by atoms with Crippen LogP contribution in [0.1, 0.15) is 45.1 Å². The third-order valence-corrected chi connectivity index (χ3v) is 5.26. The molecule has 1 atom stereocenters. The van der Waals surface area contributed by atoms with Gasteiger partial charge in [0, 0.05) is 18.3 Å². The van der Waals surface area contributed by atoms with E-state index in [1.54, 1.807) is 12.1 Å². The van der Waals surface area contributed by atoms with Crippen LogP contribution in [0.2, 0.25) is 0 Å². The molecule has 0 amide bonds. The Morgan fingerprint density at radius 3 is 2.95 bits per heavy atom. The van der Waals surface area contributed by atoms with Crippen molar-refractivity contribution in [1.82, 2.24) is 4.72 Å². The number of benzene rings is 1. The van der Waals surface area contributed by atoms with Crippen LogP contribution < -0.4 is 10.0 Å². The first-order valence-electron chi connectivity index (χ1n) is 7.42. The lowest BCUT2D eigenvalue weighted by Crippen LogP contribution is -2.32. The van der Waals surface area contributed by atoms with Crippen molar-refractivity contribution in [2.45, 2.75) is 56.9 Å². The summed E-state index contributed by atoms with van der Waals surface area (Å²) in [5, 5.41) is 3.29. The van der Waals surface area contributed by atoms with Crippen LogP contribution in [-0.4, -0.2) is 21.0 Å². The lowest BCUT2D eigenvalue weighted by Gasteiger charge is -2.19. The lowest BCUT2D eigenvalue weighted by atomic mass is 10.0. The number of nitrogens with one attached hydrogen (secondary N) is 2. The average molecular weight is 296 g/mol. The molecule has 1 heterocycles. The van der Waals surface area contributed by atoms with Crippen molar-refractivity contribution < 1.29 is 8.42 Å². The Morgan fingerprint density at radius 1 is 1.40 bits per heavy atom. The zero-order valence-corrected chi connectivity index (χ0v) is 13.1. The summed E-state index contributed by atoms with van der Waals surface area (Å²) in [5.41, 5.74) is 2.16. The standard InChI is InChI=1S/C15H24N2O2S/c1-3-4-6-12(2)17-20(18,19)14-8-9-15-13(11-14)7-5-10-16-15/h8-9,11-12,16-17H,3-7,10H2,1-2H3. The molecule has 1 aliphatic heterocycles. The first kappa shape index (κ1) is 15.3. The molecule has 0 saturated carbocycles. The number of hydrogen-bond donors (Lipinski definition) is 2. The molecule has 0 saturated heterocycles. The van der Waals surface area contributed by atoms with Gasteiger partial charge in [0.2, 0.25) is 10.0 Å². The number of rotatable bonds is 6. The Labute approximate surface area is 122 Å². The van der Waals surface area contributed by atoms with Gasteiger partial charge in [-0.25, -0.2) is 13.1 Å². The maximum absolute atomic E-state index is 12.4. The molecule has 1 aromatic carbocycles. The molecule has 1 aliphatic rings. The van der Waals surface area contributed by atoms with Gasteiger partial charge in [-0.2, -0.15) is 0 Å². The van der Waals surface area contributed by atoms with Crippen LogP contribution in [0.15, 0.2) is 23.1 Å². The van der Waals surface area contributed by atoms with Crippen LogP contribution in [0.25, 0.3) is 0 Å². The fourth-order valence-electron chi connectivity index (χ4n) is 2.52. The molecule has 5 heteroatoms. The highest BCUT2D eigenvalue weighted by Crippen LogP contribution is 2.25. The van der Waals surface area contributed by atoms with E-state index >= 15 is 0 Å². The topological polar surface area (TPSA) is 58.2 Å². The fourth-order valence-corrected chi connectivity index (χ4v) is 3.85. The van der Waals surface area contributed by atoms with Crippen molar-refractivity contribution >= 4 is 15.7 Å². The van der Waals surface area contributed by atoms with Crippen molar-refractivity contribution in [3.63, 3.8) is 0 Å². The molecule has 0 spiro atoms. The Balaban J connectivity index is 2.13. The summed E-state index contributed by atoms with van der Waals surface area (Å²) in [6.07, 6.45) is 4.99. The zero-order valence-electron chi connectivity index (χ0n) is 12.3. The molecule has 20 heavy (non-hydrogen) atoms. The van der Waals surface area contributed by atoms with Crippen LogP contribution in [0.4, 0.5) is 5.69 Å². The summed E-state index contributed by atoms with van der Waals surface area (Å²) < 4.78 is 27.5. The van der Waals surface area contributed by atoms with Crippen LogP contribution in [0.5, 0.6) is 0 Å². The van der Waals surface area contributed by atoms with Gasteiger partial charge in [-0.15, -0.1) is 0 Å². The molecule has 4 nitrogen and oxygen atoms in total. The van der Waals surface area contributed by atoms with E-state index in [0.29, 0.717) is 4.90 Å². The van der Waals surface area contributed by atoms with E-state index in [1.807, 2.05) is 13.0 Å². The van der Waals surface area contributed by atoms with Gasteiger partial charge in [-0.3, -0.25) is 0 Å². The summed E-state index contributed by atoms with van der Waals surface area (Å²) in [6.45, 7) is 5.00. The summed E-state index contributed by atoms with van der Waals surface area (Å²) in [7, 11) is -3.40. The molecule has 0 fully saturated rings. The maximum atomic E-state index is 12.4. The predicted octanol–water partition coefficient (Wildman–Crippen LogP) is 2.90. The van der Waals surface area contributed by atoms with Crippen molar-refractivity contribution in [3.05, 3.63) is 23.8 Å². The first-order valence-corrected chi connectivity index (χ1v) is 8.90. The summed E-state index contributed by atoms with van der Waals surface area (Å²) >= 11 is 0. The van der Waals surface area contributed by atoms with Gasteiger partial charge in [0.25, 0.3) is 0 Å². The van der Waals surface area contributed by atoms with Crippen molar-refractivity contribution in [1.29, 1.82) is 0 Å². The first-order chi connectivity index (χ1) is 9.53. The summed E-state index contributed by atoms with van der Waals surface area (Å²) in [4.78, 5) is 0.378. The van der Waals surface area contributed by atoms with Crippen molar-refractivity contribution in [2.75, 3.05) is 11.9 Å². The number of hydrogen-bond acceptors (Lipinski definition) is 3. The lowest BCUT2D eigenvalue weighted by molar-refractivity contribution is 0.534. The highest BCUT2D eigenvalue weighted by atomic mass is 32.2. The number of unbranched alkanes of at least 4 members (excludes halogenated alkanes) is 1. The highest BCUT2D eigenvalue weighted by Gasteiger charge is 2.19. The molecular weight excluding hydrogens is 272 g/mol. The van der Waals surface area contributed by atoms with Crippen molar-refractivity contribution in [3.8, 4) is 0 Å². The minimum Gasteiger partial charge on any atom is -0.385 e. The normalized spacial score (nSPS) is 16.3. The van der Waals surface area contributed by atoms with Gasteiger partial charge in [-0.1, -0.05) is 19.8 Å². The van der Waals surface area contributed by atoms with Gasteiger partial charge in [0.05, 0.1) is 4.90 Å². The van der Waals surface area contributed by atoms with Gasteiger partial charge < -0.3 is 5.32 Å². The molecular formula is C15H24N2O2S. The van der Waals surface area contributed by atoms with Crippen LogP contribution in [0, 0.1) is 0 Å². The SMILES string of the molecule is CCCCC(C)NS(=O)(=O)c1ccc2c(c1)CCCN2. The van der Waals surface area contributed by atoms with Crippen molar-refractivity contribution in [2.24, 2.45) is 0 Å². The molecule has 2 rings (SSSR count). The minimum absolute atomic E-state index is 0.0193. The van der Waals surface area contributed by atoms with Gasteiger partial charge in [0.1, 0.15) is 0 Å². The summed E-state index contributed by atoms with van der Waals surface area (Å²) in [5.74, 6) is 0.